The molecule has 3 N–H and O–H groups in total. The lowest BCUT2D eigenvalue weighted by molar-refractivity contribution is -0.114. The molecule has 146 valence electrons. The molecule has 29 heavy (non-hydrogen) atoms. The number of rotatable bonds is 5. The Labute approximate surface area is 165 Å². The van der Waals surface area contributed by atoms with E-state index in [0.717, 1.165) is 16.7 Å². The molecule has 0 aliphatic heterocycles. The first-order valence-electron chi connectivity index (χ1n) is 8.31. The molecule has 2 aromatic rings. The molecule has 0 saturated heterocycles. The van der Waals surface area contributed by atoms with Crippen molar-refractivity contribution in [3.63, 3.8) is 0 Å². The van der Waals surface area contributed by atoms with Crippen molar-refractivity contribution in [3.05, 3.63) is 64.5 Å². The van der Waals surface area contributed by atoms with Crippen molar-refractivity contribution in [1.29, 1.82) is 10.5 Å². The predicted molar refractivity (Wildman–Crippen MR) is 103 cm³/mol. The third-order valence-corrected chi connectivity index (χ3v) is 4.05. The number of halogens is 1. The van der Waals surface area contributed by atoms with Crippen LogP contribution in [-0.2, 0) is 4.79 Å². The molecule has 0 saturated carbocycles. The van der Waals surface area contributed by atoms with Gasteiger partial charge in [-0.05, 0) is 60.4 Å². The number of carbonyl (C=O) groups is 2. The summed E-state index contributed by atoms with van der Waals surface area (Å²) in [4.78, 5) is 22.1. The van der Waals surface area contributed by atoms with E-state index in [2.05, 4.69) is 16.6 Å². The zero-order chi connectivity index (χ0) is 21.6. The Morgan fingerprint density at radius 2 is 1.72 bits per heavy atom. The lowest BCUT2D eigenvalue weighted by Gasteiger charge is -2.17. The number of carboxylic acid groups (broad SMARTS) is 1. The molecule has 8 nitrogen and oxygen atoms in total. The number of benzene rings is 2. The number of nitrogens with one attached hydrogen (secondary N) is 2. The Morgan fingerprint density at radius 3 is 2.21 bits per heavy atom. The maximum atomic E-state index is 13.2. The highest BCUT2D eigenvalue weighted by Gasteiger charge is 2.19. The number of aryl methyl sites for hydroxylation is 2. The van der Waals surface area contributed by atoms with E-state index in [4.69, 9.17) is 10.4 Å². The topological polar surface area (TPSA) is 138 Å². The minimum absolute atomic E-state index is 0.392. The highest BCUT2D eigenvalue weighted by molar-refractivity contribution is 6.46. The second-order valence-corrected chi connectivity index (χ2v) is 6.08. The number of hydrogen-bond acceptors (Lipinski definition) is 6. The standard InChI is InChI=1S/C20H16FN5O3/c1-11-7-15(25-26-17(10-23)19(27)24-20(28)29)8-12(2)18(11)16(9-22)13-3-5-14(21)6-4-13/h3-8,16,25H,1-2H3,(H,24,27)(H,28,29). The van der Waals surface area contributed by atoms with Gasteiger partial charge in [0.05, 0.1) is 17.7 Å². The third-order valence-electron chi connectivity index (χ3n) is 4.05. The number of amides is 2. The Bertz CT molecular complexity index is 1040. The van der Waals surface area contributed by atoms with Crippen molar-refractivity contribution in [2.24, 2.45) is 5.10 Å². The van der Waals surface area contributed by atoms with Crippen molar-refractivity contribution < 1.29 is 19.1 Å². The molecule has 0 fully saturated rings. The molecule has 9 heteroatoms. The molecule has 0 bridgehead atoms. The SMILES string of the molecule is Cc1cc(NN=C(C#N)C(=O)NC(=O)O)cc(C)c1C(C#N)c1ccc(F)cc1. The summed E-state index contributed by atoms with van der Waals surface area (Å²) in [5, 5.41) is 32.3. The molecule has 2 aromatic carbocycles. The number of nitriles is 2. The minimum Gasteiger partial charge on any atom is -0.465 e. The van der Waals surface area contributed by atoms with Crippen molar-refractivity contribution >= 4 is 23.4 Å². The van der Waals surface area contributed by atoms with Gasteiger partial charge in [0.25, 0.3) is 5.91 Å². The summed E-state index contributed by atoms with van der Waals surface area (Å²) in [5.74, 6) is -2.15. The van der Waals surface area contributed by atoms with E-state index >= 15 is 0 Å². The molecule has 2 rings (SSSR count). The van der Waals surface area contributed by atoms with Gasteiger partial charge in [0.2, 0.25) is 5.71 Å². The van der Waals surface area contributed by atoms with Crippen molar-refractivity contribution in [3.8, 4) is 12.1 Å². The summed E-state index contributed by atoms with van der Waals surface area (Å²) in [7, 11) is 0. The fourth-order valence-corrected chi connectivity index (χ4v) is 2.86. The Kier molecular flexibility index (Phi) is 6.62. The summed E-state index contributed by atoms with van der Waals surface area (Å²) in [6, 6.07) is 12.8. The van der Waals surface area contributed by atoms with Gasteiger partial charge in [-0.1, -0.05) is 12.1 Å². The smallest absolute Gasteiger partial charge is 0.411 e. The lowest BCUT2D eigenvalue weighted by atomic mass is 9.86. The van der Waals surface area contributed by atoms with Crippen LogP contribution in [0.25, 0.3) is 0 Å². The molecule has 1 unspecified atom stereocenters. The van der Waals surface area contributed by atoms with Crippen LogP contribution in [0.2, 0.25) is 0 Å². The second kappa shape index (κ2) is 9.11. The number of hydrazone groups is 1. The van der Waals surface area contributed by atoms with Gasteiger partial charge in [0.1, 0.15) is 11.9 Å². The maximum absolute atomic E-state index is 13.2. The number of imide groups is 1. The molecule has 0 spiro atoms. The molecule has 0 heterocycles. The zero-order valence-electron chi connectivity index (χ0n) is 15.5. The molecule has 0 aliphatic rings. The van der Waals surface area contributed by atoms with Crippen molar-refractivity contribution in [2.45, 2.75) is 19.8 Å². The number of nitrogens with zero attached hydrogens (tertiary/aromatic N) is 3. The molecular formula is C20H16FN5O3. The van der Waals surface area contributed by atoms with Crippen LogP contribution >= 0.6 is 0 Å². The molecular weight excluding hydrogens is 377 g/mol. The molecule has 0 radical (unpaired) electrons. The van der Waals surface area contributed by atoms with Crippen LogP contribution in [0.1, 0.15) is 28.2 Å². The lowest BCUT2D eigenvalue weighted by Crippen LogP contribution is -2.34. The first kappa shape index (κ1) is 21.1. The van der Waals surface area contributed by atoms with E-state index in [0.29, 0.717) is 11.3 Å². The fourth-order valence-electron chi connectivity index (χ4n) is 2.86. The Morgan fingerprint density at radius 1 is 1.14 bits per heavy atom. The highest BCUT2D eigenvalue weighted by Crippen LogP contribution is 2.31. The molecule has 0 aromatic heterocycles. The number of anilines is 1. The van der Waals surface area contributed by atoms with Crippen LogP contribution in [0, 0.1) is 42.3 Å². The summed E-state index contributed by atoms with van der Waals surface area (Å²) in [5.41, 5.74) is 5.21. The van der Waals surface area contributed by atoms with Crippen molar-refractivity contribution in [2.75, 3.05) is 5.43 Å². The average Bonchev–Trinajstić information content (AvgIpc) is 2.65. The largest absolute Gasteiger partial charge is 0.465 e. The van der Waals surface area contributed by atoms with Crippen LogP contribution in [0.5, 0.6) is 0 Å². The van der Waals surface area contributed by atoms with Crippen LogP contribution in [0.3, 0.4) is 0 Å². The van der Waals surface area contributed by atoms with Gasteiger partial charge < -0.3 is 5.11 Å². The summed E-state index contributed by atoms with van der Waals surface area (Å²) in [6.07, 6.45) is -1.60. The van der Waals surface area contributed by atoms with E-state index in [9.17, 15) is 19.2 Å². The first-order chi connectivity index (χ1) is 13.8. The van der Waals surface area contributed by atoms with Gasteiger partial charge >= 0.3 is 6.09 Å². The van der Waals surface area contributed by atoms with Crippen LogP contribution in [-0.4, -0.2) is 22.8 Å². The van der Waals surface area contributed by atoms with Gasteiger partial charge in [-0.15, -0.1) is 0 Å². The molecule has 2 amide bonds. The summed E-state index contributed by atoms with van der Waals surface area (Å²) < 4.78 is 13.2. The van der Waals surface area contributed by atoms with Crippen LogP contribution < -0.4 is 10.7 Å². The van der Waals surface area contributed by atoms with E-state index in [1.54, 1.807) is 38.1 Å². The second-order valence-electron chi connectivity index (χ2n) is 6.08. The summed E-state index contributed by atoms with van der Waals surface area (Å²) in [6.45, 7) is 3.57. The van der Waals surface area contributed by atoms with Crippen LogP contribution in [0.15, 0.2) is 41.5 Å². The van der Waals surface area contributed by atoms with Crippen LogP contribution in [0.4, 0.5) is 14.9 Å². The monoisotopic (exact) mass is 393 g/mol. The fraction of sp³-hybridized carbons (Fsp3) is 0.150. The third kappa shape index (κ3) is 5.15. The minimum atomic E-state index is -1.60. The van der Waals surface area contributed by atoms with E-state index < -0.39 is 29.4 Å². The zero-order valence-corrected chi connectivity index (χ0v) is 15.5. The van der Waals surface area contributed by atoms with Crippen molar-refractivity contribution in [1.82, 2.24) is 5.32 Å². The quantitative estimate of drug-likeness (QED) is 0.527. The number of carbonyl (C=O) groups excluding carboxylic acids is 1. The predicted octanol–water partition coefficient (Wildman–Crippen LogP) is 3.18. The normalized spacial score (nSPS) is 11.7. The maximum Gasteiger partial charge on any atom is 0.411 e. The Balaban J connectivity index is 2.33. The van der Waals surface area contributed by atoms with E-state index in [-0.39, 0.29) is 0 Å². The average molecular weight is 393 g/mol. The molecule has 1 atom stereocenters. The van der Waals surface area contributed by atoms with E-state index in [1.165, 1.54) is 23.5 Å². The van der Waals surface area contributed by atoms with Gasteiger partial charge in [-0.3, -0.25) is 15.5 Å². The summed E-state index contributed by atoms with van der Waals surface area (Å²) >= 11 is 0. The van der Waals surface area contributed by atoms with E-state index in [1.807, 2.05) is 0 Å². The highest BCUT2D eigenvalue weighted by atomic mass is 19.1. The molecule has 0 aliphatic carbocycles. The van der Waals surface area contributed by atoms with Gasteiger partial charge in [-0.25, -0.2) is 9.18 Å². The van der Waals surface area contributed by atoms with Gasteiger partial charge in [-0.2, -0.15) is 15.6 Å². The number of hydrogen-bond donors (Lipinski definition) is 3. The van der Waals surface area contributed by atoms with Gasteiger partial charge in [0.15, 0.2) is 0 Å². The first-order valence-corrected chi connectivity index (χ1v) is 8.31. The van der Waals surface area contributed by atoms with Gasteiger partial charge in [0, 0.05) is 0 Å². The Hall–Kier alpha value is -4.24.